The average molecular weight is 285 g/mol. The zero-order valence-corrected chi connectivity index (χ0v) is 12.1. The second-order valence-corrected chi connectivity index (χ2v) is 5.14. The van der Waals surface area contributed by atoms with E-state index in [1.54, 1.807) is 19.5 Å². The molecular formula is C16H19N3O2. The van der Waals surface area contributed by atoms with Crippen molar-refractivity contribution in [2.45, 2.75) is 32.0 Å². The molecule has 0 radical (unpaired) electrons. The fourth-order valence-electron chi connectivity index (χ4n) is 1.92. The SMILES string of the molecule is COc1ccc(COc2cnc(CNC3CC3)cn2)cc1. The first-order chi connectivity index (χ1) is 10.3. The second kappa shape index (κ2) is 6.54. The summed E-state index contributed by atoms with van der Waals surface area (Å²) in [6.07, 6.45) is 5.99. The van der Waals surface area contributed by atoms with Crippen LogP contribution in [0, 0.1) is 0 Å². The van der Waals surface area contributed by atoms with E-state index >= 15 is 0 Å². The van der Waals surface area contributed by atoms with E-state index in [-0.39, 0.29) is 0 Å². The van der Waals surface area contributed by atoms with E-state index in [4.69, 9.17) is 9.47 Å². The van der Waals surface area contributed by atoms with Crippen molar-refractivity contribution in [3.05, 3.63) is 47.9 Å². The highest BCUT2D eigenvalue weighted by Crippen LogP contribution is 2.19. The Morgan fingerprint density at radius 3 is 2.57 bits per heavy atom. The molecule has 0 unspecified atom stereocenters. The summed E-state index contributed by atoms with van der Waals surface area (Å²) >= 11 is 0. The van der Waals surface area contributed by atoms with Crippen molar-refractivity contribution in [3.8, 4) is 11.6 Å². The van der Waals surface area contributed by atoms with Crippen LogP contribution in [0.5, 0.6) is 11.6 Å². The van der Waals surface area contributed by atoms with Gasteiger partial charge in [-0.2, -0.15) is 0 Å². The molecule has 21 heavy (non-hydrogen) atoms. The monoisotopic (exact) mass is 285 g/mol. The first kappa shape index (κ1) is 13.8. The Morgan fingerprint density at radius 1 is 1.14 bits per heavy atom. The Bertz CT molecular complexity index is 565. The van der Waals surface area contributed by atoms with E-state index < -0.39 is 0 Å². The van der Waals surface area contributed by atoms with Gasteiger partial charge in [-0.1, -0.05) is 12.1 Å². The van der Waals surface area contributed by atoms with Gasteiger partial charge in [-0.3, -0.25) is 4.98 Å². The van der Waals surface area contributed by atoms with Gasteiger partial charge in [0.05, 0.1) is 25.2 Å². The van der Waals surface area contributed by atoms with Crippen LogP contribution >= 0.6 is 0 Å². The fraction of sp³-hybridized carbons (Fsp3) is 0.375. The van der Waals surface area contributed by atoms with Crippen LogP contribution in [0.3, 0.4) is 0 Å². The molecule has 3 rings (SSSR count). The van der Waals surface area contributed by atoms with Crippen molar-refractivity contribution >= 4 is 0 Å². The zero-order valence-electron chi connectivity index (χ0n) is 12.1. The Kier molecular flexibility index (Phi) is 4.31. The molecule has 0 saturated heterocycles. The minimum absolute atomic E-state index is 0.471. The van der Waals surface area contributed by atoms with E-state index in [0.29, 0.717) is 18.5 Å². The summed E-state index contributed by atoms with van der Waals surface area (Å²) in [5.74, 6) is 1.38. The molecule has 0 spiro atoms. The lowest BCUT2D eigenvalue weighted by Crippen LogP contribution is -2.16. The summed E-state index contributed by atoms with van der Waals surface area (Å²) in [6.45, 7) is 1.24. The van der Waals surface area contributed by atoms with Crippen molar-refractivity contribution in [2.24, 2.45) is 0 Å². The van der Waals surface area contributed by atoms with Crippen LogP contribution < -0.4 is 14.8 Å². The number of nitrogens with zero attached hydrogens (tertiary/aromatic N) is 2. The van der Waals surface area contributed by atoms with Gasteiger partial charge in [0.15, 0.2) is 0 Å². The summed E-state index contributed by atoms with van der Waals surface area (Å²) < 4.78 is 10.7. The molecule has 5 nitrogen and oxygen atoms in total. The van der Waals surface area contributed by atoms with Crippen molar-refractivity contribution in [2.75, 3.05) is 7.11 Å². The molecule has 1 heterocycles. The minimum Gasteiger partial charge on any atom is -0.497 e. The molecule has 1 aliphatic carbocycles. The third-order valence-electron chi connectivity index (χ3n) is 3.38. The summed E-state index contributed by atoms with van der Waals surface area (Å²) in [5.41, 5.74) is 2.01. The Labute approximate surface area is 124 Å². The quantitative estimate of drug-likeness (QED) is 0.846. The van der Waals surface area contributed by atoms with Gasteiger partial charge in [0.1, 0.15) is 12.4 Å². The van der Waals surface area contributed by atoms with Gasteiger partial charge in [0.25, 0.3) is 0 Å². The van der Waals surface area contributed by atoms with E-state index in [0.717, 1.165) is 23.6 Å². The second-order valence-electron chi connectivity index (χ2n) is 5.14. The van der Waals surface area contributed by atoms with E-state index in [1.807, 2.05) is 24.3 Å². The smallest absolute Gasteiger partial charge is 0.232 e. The third-order valence-corrected chi connectivity index (χ3v) is 3.38. The van der Waals surface area contributed by atoms with Crippen LogP contribution in [-0.4, -0.2) is 23.1 Å². The van der Waals surface area contributed by atoms with Gasteiger partial charge in [0, 0.05) is 12.6 Å². The molecule has 1 aliphatic rings. The molecule has 1 fully saturated rings. The predicted molar refractivity (Wildman–Crippen MR) is 79.2 cm³/mol. The number of nitrogens with one attached hydrogen (secondary N) is 1. The lowest BCUT2D eigenvalue weighted by Gasteiger charge is -2.07. The number of ether oxygens (including phenoxy) is 2. The highest BCUT2D eigenvalue weighted by atomic mass is 16.5. The van der Waals surface area contributed by atoms with Gasteiger partial charge >= 0.3 is 0 Å². The van der Waals surface area contributed by atoms with Gasteiger partial charge < -0.3 is 14.8 Å². The molecular weight excluding hydrogens is 266 g/mol. The first-order valence-electron chi connectivity index (χ1n) is 7.13. The summed E-state index contributed by atoms with van der Waals surface area (Å²) in [5, 5.41) is 3.41. The first-order valence-corrected chi connectivity index (χ1v) is 7.13. The Hall–Kier alpha value is -2.14. The minimum atomic E-state index is 0.471. The maximum atomic E-state index is 5.62. The number of hydrogen-bond donors (Lipinski definition) is 1. The van der Waals surface area contributed by atoms with Crippen molar-refractivity contribution in [3.63, 3.8) is 0 Å². The van der Waals surface area contributed by atoms with Gasteiger partial charge in [0.2, 0.25) is 5.88 Å². The van der Waals surface area contributed by atoms with E-state index in [1.165, 1.54) is 12.8 Å². The zero-order chi connectivity index (χ0) is 14.5. The predicted octanol–water partition coefficient (Wildman–Crippen LogP) is 2.32. The summed E-state index contributed by atoms with van der Waals surface area (Å²) in [4.78, 5) is 8.62. The van der Waals surface area contributed by atoms with Crippen LogP contribution in [0.4, 0.5) is 0 Å². The molecule has 1 saturated carbocycles. The molecule has 0 atom stereocenters. The van der Waals surface area contributed by atoms with Crippen LogP contribution in [0.1, 0.15) is 24.1 Å². The molecule has 5 heteroatoms. The summed E-state index contributed by atoms with van der Waals surface area (Å²) in [7, 11) is 1.65. The Morgan fingerprint density at radius 2 is 1.95 bits per heavy atom. The number of methoxy groups -OCH3 is 1. The van der Waals surface area contributed by atoms with Crippen LogP contribution in [0.25, 0.3) is 0 Å². The van der Waals surface area contributed by atoms with Crippen LogP contribution in [0.15, 0.2) is 36.7 Å². The molecule has 0 amide bonds. The van der Waals surface area contributed by atoms with Crippen molar-refractivity contribution in [1.82, 2.24) is 15.3 Å². The third kappa shape index (κ3) is 4.16. The van der Waals surface area contributed by atoms with Gasteiger partial charge in [-0.25, -0.2) is 4.98 Å². The van der Waals surface area contributed by atoms with Gasteiger partial charge in [-0.05, 0) is 30.5 Å². The Balaban J connectivity index is 1.49. The number of benzene rings is 1. The molecule has 0 bridgehead atoms. The maximum absolute atomic E-state index is 5.62. The van der Waals surface area contributed by atoms with Crippen LogP contribution in [-0.2, 0) is 13.2 Å². The topological polar surface area (TPSA) is 56.3 Å². The number of rotatable bonds is 7. The standard InChI is InChI=1S/C16H19N3O2/c1-20-15-6-2-12(3-7-15)11-21-16-10-18-14(9-19-16)8-17-13-4-5-13/h2-3,6-7,9-10,13,17H,4-5,8,11H2,1H3. The lowest BCUT2D eigenvalue weighted by molar-refractivity contribution is 0.292. The molecule has 0 aliphatic heterocycles. The molecule has 1 N–H and O–H groups in total. The fourth-order valence-corrected chi connectivity index (χ4v) is 1.92. The summed E-state index contributed by atoms with van der Waals surface area (Å²) in [6, 6.07) is 8.45. The molecule has 1 aromatic carbocycles. The van der Waals surface area contributed by atoms with Crippen LogP contribution in [0.2, 0.25) is 0 Å². The van der Waals surface area contributed by atoms with Gasteiger partial charge in [-0.15, -0.1) is 0 Å². The molecule has 1 aromatic heterocycles. The number of hydrogen-bond acceptors (Lipinski definition) is 5. The average Bonchev–Trinajstić information content (AvgIpc) is 3.37. The molecule has 110 valence electrons. The maximum Gasteiger partial charge on any atom is 0.232 e. The number of aromatic nitrogens is 2. The van der Waals surface area contributed by atoms with E-state index in [9.17, 15) is 0 Å². The highest BCUT2D eigenvalue weighted by molar-refractivity contribution is 5.27. The van der Waals surface area contributed by atoms with E-state index in [2.05, 4.69) is 15.3 Å². The highest BCUT2D eigenvalue weighted by Gasteiger charge is 2.20. The molecule has 2 aromatic rings. The lowest BCUT2D eigenvalue weighted by atomic mass is 10.2. The van der Waals surface area contributed by atoms with Crippen molar-refractivity contribution < 1.29 is 9.47 Å². The largest absolute Gasteiger partial charge is 0.497 e. The normalized spacial score (nSPS) is 14.0. The van der Waals surface area contributed by atoms with Crippen molar-refractivity contribution in [1.29, 1.82) is 0 Å².